The topological polar surface area (TPSA) is 79.9 Å². The summed E-state index contributed by atoms with van der Waals surface area (Å²) < 4.78 is -1.01. The first-order valence-corrected chi connectivity index (χ1v) is 3.97. The Balaban J connectivity index is 3.13. The summed E-state index contributed by atoms with van der Waals surface area (Å²) in [6, 6.07) is 0. The molecule has 0 aromatic heterocycles. The lowest BCUT2D eigenvalue weighted by Crippen LogP contribution is -2.22. The largest absolute Gasteiger partial charge is 0.366 e. The zero-order valence-corrected chi connectivity index (χ0v) is 8.12. The average Bonchev–Trinajstić information content (AvgIpc) is 2.24. The maximum Gasteiger partial charge on any atom is 0.329 e. The molecule has 0 saturated heterocycles. The Morgan fingerprint density at radius 2 is 2.33 bits per heavy atom. The molecule has 0 aromatic carbocycles. The van der Waals surface area contributed by atoms with Crippen LogP contribution in [0, 0.1) is 10.1 Å². The summed E-state index contributed by atoms with van der Waals surface area (Å²) in [6.07, 6.45) is 0. The van der Waals surface area contributed by atoms with Crippen LogP contribution in [0.1, 0.15) is 6.92 Å². The number of azo groups is 1. The highest BCUT2D eigenvalue weighted by atomic mass is 79.9. The van der Waals surface area contributed by atoms with Crippen molar-refractivity contribution >= 4 is 15.9 Å². The van der Waals surface area contributed by atoms with Crippen LogP contribution in [0.15, 0.2) is 21.7 Å². The third-order valence-electron chi connectivity index (χ3n) is 1.41. The highest BCUT2D eigenvalue weighted by molar-refractivity contribution is 9.10. The van der Waals surface area contributed by atoms with Crippen LogP contribution >= 0.6 is 15.9 Å². The standard InChI is InChI=1S/C5H7BrN4O2/c1-5(6)3(10(11)12)4(7-2)8-9-5/h7H,1-2H3. The fourth-order valence-corrected chi connectivity index (χ4v) is 1.29. The molecule has 1 aliphatic heterocycles. The van der Waals surface area contributed by atoms with E-state index in [1.54, 1.807) is 14.0 Å². The Morgan fingerprint density at radius 1 is 1.75 bits per heavy atom. The van der Waals surface area contributed by atoms with Gasteiger partial charge in [-0.2, -0.15) is 5.11 Å². The van der Waals surface area contributed by atoms with Crippen molar-refractivity contribution in [1.29, 1.82) is 0 Å². The first-order chi connectivity index (χ1) is 5.49. The van der Waals surface area contributed by atoms with E-state index in [4.69, 9.17) is 0 Å². The summed E-state index contributed by atoms with van der Waals surface area (Å²) >= 11 is 3.09. The number of alkyl halides is 1. The fraction of sp³-hybridized carbons (Fsp3) is 0.600. The van der Waals surface area contributed by atoms with Crippen LogP contribution in [0.3, 0.4) is 0 Å². The number of hydrogen-bond donors (Lipinski definition) is 1. The highest BCUT2D eigenvalue weighted by Gasteiger charge is 2.43. The zero-order valence-electron chi connectivity index (χ0n) is 6.54. The Labute approximate surface area is 77.0 Å². The first-order valence-electron chi connectivity index (χ1n) is 3.17. The molecule has 1 aliphatic rings. The molecule has 0 aliphatic carbocycles. The van der Waals surface area contributed by atoms with Gasteiger partial charge in [0.05, 0.1) is 4.92 Å². The summed E-state index contributed by atoms with van der Waals surface area (Å²) in [6.45, 7) is 1.57. The summed E-state index contributed by atoms with van der Waals surface area (Å²) in [5.41, 5.74) is -0.0648. The van der Waals surface area contributed by atoms with Crippen LogP contribution in [0.5, 0.6) is 0 Å². The maximum absolute atomic E-state index is 10.5. The Bertz CT molecular complexity index is 283. The third-order valence-corrected chi connectivity index (χ3v) is 1.95. The van der Waals surface area contributed by atoms with Crippen LogP contribution in [0.25, 0.3) is 0 Å². The molecule has 6 nitrogen and oxygen atoms in total. The van der Waals surface area contributed by atoms with Crippen molar-refractivity contribution < 1.29 is 4.92 Å². The minimum Gasteiger partial charge on any atom is -0.366 e. The molecule has 0 spiro atoms. The van der Waals surface area contributed by atoms with E-state index in [0.717, 1.165) is 0 Å². The number of rotatable bonds is 2. The smallest absolute Gasteiger partial charge is 0.329 e. The van der Waals surface area contributed by atoms with E-state index in [-0.39, 0.29) is 11.5 Å². The molecule has 1 atom stereocenters. The van der Waals surface area contributed by atoms with Gasteiger partial charge in [-0.15, -0.1) is 5.11 Å². The lowest BCUT2D eigenvalue weighted by molar-refractivity contribution is -0.430. The van der Waals surface area contributed by atoms with Gasteiger partial charge in [-0.25, -0.2) is 0 Å². The Morgan fingerprint density at radius 3 is 2.67 bits per heavy atom. The number of nitrogens with zero attached hydrogens (tertiary/aromatic N) is 3. The molecule has 0 fully saturated rings. The molecule has 0 amide bonds. The van der Waals surface area contributed by atoms with E-state index in [1.807, 2.05) is 0 Å². The van der Waals surface area contributed by atoms with Crippen LogP contribution in [-0.4, -0.2) is 16.4 Å². The predicted octanol–water partition coefficient (Wildman–Crippen LogP) is 1.23. The van der Waals surface area contributed by atoms with Gasteiger partial charge in [0.1, 0.15) is 0 Å². The molecule has 1 rings (SSSR count). The van der Waals surface area contributed by atoms with Gasteiger partial charge in [0.15, 0.2) is 0 Å². The van der Waals surface area contributed by atoms with Gasteiger partial charge >= 0.3 is 5.70 Å². The lowest BCUT2D eigenvalue weighted by Gasteiger charge is -2.06. The molecule has 1 unspecified atom stereocenters. The number of nitrogens with one attached hydrogen (secondary N) is 1. The lowest BCUT2D eigenvalue weighted by atomic mass is 10.3. The van der Waals surface area contributed by atoms with Gasteiger partial charge in [0, 0.05) is 7.05 Å². The van der Waals surface area contributed by atoms with Gasteiger partial charge in [-0.1, -0.05) is 0 Å². The van der Waals surface area contributed by atoms with Crippen LogP contribution < -0.4 is 5.32 Å². The molecular weight excluding hydrogens is 228 g/mol. The van der Waals surface area contributed by atoms with Gasteiger partial charge in [0.25, 0.3) is 0 Å². The van der Waals surface area contributed by atoms with Crippen molar-refractivity contribution in [2.24, 2.45) is 10.2 Å². The Hall–Kier alpha value is -0.980. The number of halogens is 1. The van der Waals surface area contributed by atoms with Crippen molar-refractivity contribution in [2.75, 3.05) is 7.05 Å². The molecule has 12 heavy (non-hydrogen) atoms. The summed E-state index contributed by atoms with van der Waals surface area (Å²) in [5, 5.41) is 20.4. The minimum atomic E-state index is -1.01. The molecule has 0 saturated carbocycles. The second-order valence-corrected chi connectivity index (χ2v) is 3.90. The third kappa shape index (κ3) is 1.31. The second-order valence-electron chi connectivity index (χ2n) is 2.36. The molecule has 66 valence electrons. The summed E-state index contributed by atoms with van der Waals surface area (Å²) in [4.78, 5) is 10.0. The van der Waals surface area contributed by atoms with Gasteiger partial charge in [-0.05, 0) is 22.9 Å². The van der Waals surface area contributed by atoms with Crippen molar-refractivity contribution in [3.05, 3.63) is 21.6 Å². The van der Waals surface area contributed by atoms with Crippen LogP contribution in [0.2, 0.25) is 0 Å². The normalized spacial score (nSPS) is 27.9. The van der Waals surface area contributed by atoms with E-state index in [2.05, 4.69) is 31.5 Å². The Kier molecular flexibility index (Phi) is 2.14. The fourth-order valence-electron chi connectivity index (χ4n) is 0.876. The van der Waals surface area contributed by atoms with Crippen molar-refractivity contribution in [1.82, 2.24) is 5.32 Å². The minimum absolute atomic E-state index is 0.0648. The predicted molar refractivity (Wildman–Crippen MR) is 45.3 cm³/mol. The van der Waals surface area contributed by atoms with Crippen LogP contribution in [-0.2, 0) is 0 Å². The van der Waals surface area contributed by atoms with E-state index in [9.17, 15) is 10.1 Å². The first kappa shape index (κ1) is 9.11. The van der Waals surface area contributed by atoms with E-state index >= 15 is 0 Å². The van der Waals surface area contributed by atoms with E-state index in [1.165, 1.54) is 0 Å². The summed E-state index contributed by atoms with van der Waals surface area (Å²) in [7, 11) is 1.56. The monoisotopic (exact) mass is 234 g/mol. The number of hydrogen-bond acceptors (Lipinski definition) is 5. The quantitative estimate of drug-likeness (QED) is 0.338. The SMILES string of the molecule is CNC1=C([N+](=O)[O-])C(C)(Br)N=N1. The maximum atomic E-state index is 10.5. The van der Waals surface area contributed by atoms with Crippen LogP contribution in [0.4, 0.5) is 0 Å². The molecular formula is C5H7BrN4O2. The molecule has 0 bridgehead atoms. The van der Waals surface area contributed by atoms with Crippen molar-refractivity contribution in [3.63, 3.8) is 0 Å². The van der Waals surface area contributed by atoms with Crippen molar-refractivity contribution in [2.45, 2.75) is 11.4 Å². The molecule has 0 radical (unpaired) electrons. The van der Waals surface area contributed by atoms with Gasteiger partial charge in [0.2, 0.25) is 10.3 Å². The number of nitro groups is 1. The molecule has 1 heterocycles. The van der Waals surface area contributed by atoms with Gasteiger partial charge in [-0.3, -0.25) is 10.1 Å². The zero-order chi connectivity index (χ0) is 9.35. The van der Waals surface area contributed by atoms with Crippen molar-refractivity contribution in [3.8, 4) is 0 Å². The highest BCUT2D eigenvalue weighted by Crippen LogP contribution is 2.36. The second kappa shape index (κ2) is 2.81. The van der Waals surface area contributed by atoms with E-state index < -0.39 is 9.37 Å². The average molecular weight is 235 g/mol. The van der Waals surface area contributed by atoms with E-state index in [0.29, 0.717) is 0 Å². The van der Waals surface area contributed by atoms with Gasteiger partial charge < -0.3 is 5.32 Å². The molecule has 7 heteroatoms. The molecule has 1 N–H and O–H groups in total. The molecule has 0 aromatic rings. The summed E-state index contributed by atoms with van der Waals surface area (Å²) in [5.74, 6) is 0.194.